The molecule has 0 aromatic carbocycles. The molecule has 0 saturated carbocycles. The number of rotatable bonds is 26. The Hall–Kier alpha value is -4.38. The van der Waals surface area contributed by atoms with Crippen molar-refractivity contribution in [2.24, 2.45) is 0 Å². The summed E-state index contributed by atoms with van der Waals surface area (Å²) in [6.07, 6.45) is 7.04. The standard InChI is InChI=1S/2C22H35N5O7S/c2*1-14-7-8-18(34-14)22-26-25-19(27(22)16(11-30-3)12-31-4)13-35(28,29)15(2)21(33-6)17-9-24-20(32-5)10-23-17/h2*9-10,14-16,18,21H,7-8,11-13H2,1-6H3/t14-,15+,18-,21+;14-,15-,18-,21-/m10/s1. The molecule has 0 bridgehead atoms. The Morgan fingerprint density at radius 3 is 1.16 bits per heavy atom. The second-order valence-electron chi connectivity index (χ2n) is 17.1. The average molecular weight is 1030 g/mol. The van der Waals surface area contributed by atoms with Gasteiger partial charge in [0, 0.05) is 42.7 Å². The zero-order chi connectivity index (χ0) is 51.2. The van der Waals surface area contributed by atoms with Gasteiger partial charge >= 0.3 is 0 Å². The van der Waals surface area contributed by atoms with Gasteiger partial charge < -0.3 is 56.5 Å². The number of nitrogens with zero attached hydrogens (tertiary/aromatic N) is 10. The summed E-state index contributed by atoms with van der Waals surface area (Å²) in [5.41, 5.74) is 0.771. The van der Waals surface area contributed by atoms with E-state index in [1.54, 1.807) is 51.4 Å². The summed E-state index contributed by atoms with van der Waals surface area (Å²) in [5.74, 6) is 1.70. The fraction of sp³-hybridized carbons (Fsp3) is 0.727. The third-order valence-electron chi connectivity index (χ3n) is 12.2. The van der Waals surface area contributed by atoms with Crippen LogP contribution in [0.25, 0.3) is 0 Å². The van der Waals surface area contributed by atoms with Crippen LogP contribution in [0.1, 0.15) is 125 Å². The third kappa shape index (κ3) is 14.0. The van der Waals surface area contributed by atoms with Crippen molar-refractivity contribution in [2.45, 2.75) is 124 Å². The van der Waals surface area contributed by atoms with E-state index in [9.17, 15) is 16.8 Å². The van der Waals surface area contributed by atoms with Crippen LogP contribution in [0.5, 0.6) is 11.8 Å². The highest BCUT2D eigenvalue weighted by Gasteiger charge is 2.39. The number of aromatic nitrogens is 10. The van der Waals surface area contributed by atoms with Crippen molar-refractivity contribution in [1.82, 2.24) is 49.5 Å². The van der Waals surface area contributed by atoms with E-state index in [2.05, 4.69) is 40.3 Å². The van der Waals surface area contributed by atoms with Crippen LogP contribution in [0.4, 0.5) is 0 Å². The maximum absolute atomic E-state index is 13.5. The molecule has 0 N–H and O–H groups in total. The van der Waals surface area contributed by atoms with Crippen LogP contribution in [0, 0.1) is 0 Å². The molecule has 6 rings (SSSR count). The van der Waals surface area contributed by atoms with Gasteiger partial charge in [-0.15, -0.1) is 20.4 Å². The number of ether oxygens (including phenoxy) is 10. The molecule has 4 aromatic heterocycles. The minimum atomic E-state index is -3.77. The lowest BCUT2D eigenvalue weighted by atomic mass is 10.2. The first-order valence-electron chi connectivity index (χ1n) is 22.8. The summed E-state index contributed by atoms with van der Waals surface area (Å²) < 4.78 is 112. The van der Waals surface area contributed by atoms with Gasteiger partial charge in [-0.3, -0.25) is 9.97 Å². The lowest BCUT2D eigenvalue weighted by Crippen LogP contribution is -2.31. The summed E-state index contributed by atoms with van der Waals surface area (Å²) in [5, 5.41) is 15.4. The number of sulfone groups is 2. The molecule has 2 aliphatic heterocycles. The Bertz CT molecular complexity index is 2250. The quantitative estimate of drug-likeness (QED) is 0.0867. The minimum absolute atomic E-state index is 0.0914. The third-order valence-corrected chi connectivity index (χ3v) is 16.3. The number of methoxy groups -OCH3 is 8. The van der Waals surface area contributed by atoms with E-state index in [0.717, 1.165) is 25.7 Å². The van der Waals surface area contributed by atoms with E-state index in [1.807, 2.05) is 13.8 Å². The summed E-state index contributed by atoms with van der Waals surface area (Å²) in [6.45, 7) is 8.36. The Morgan fingerprint density at radius 2 is 0.900 bits per heavy atom. The van der Waals surface area contributed by atoms with Gasteiger partial charge in [0.1, 0.15) is 47.6 Å². The van der Waals surface area contributed by atoms with Crippen LogP contribution >= 0.6 is 0 Å². The summed E-state index contributed by atoms with van der Waals surface area (Å²) >= 11 is 0. The summed E-state index contributed by atoms with van der Waals surface area (Å²) in [7, 11) is 4.63. The summed E-state index contributed by atoms with van der Waals surface area (Å²) in [6, 6.07) is -0.638. The molecule has 70 heavy (non-hydrogen) atoms. The van der Waals surface area contributed by atoms with E-state index in [1.165, 1.54) is 53.2 Å². The van der Waals surface area contributed by atoms with E-state index in [4.69, 9.17) is 47.4 Å². The van der Waals surface area contributed by atoms with Crippen LogP contribution in [-0.4, -0.2) is 172 Å². The molecule has 0 spiro atoms. The highest BCUT2D eigenvalue weighted by atomic mass is 32.2. The van der Waals surface area contributed by atoms with E-state index < -0.39 is 42.4 Å². The van der Waals surface area contributed by atoms with Gasteiger partial charge in [-0.1, -0.05) is 0 Å². The molecular weight excluding hydrogens is 957 g/mol. The molecule has 26 heteroatoms. The SMILES string of the molecule is COCC(COC)n1c(CS(=O)(=O)[C@@H](C)[C@H](OC)c2cnc(OC)cn2)nnc1[C@@H]1CC[C@H](C)O1.COCC(COC)n1c(CS(=O)(=O)[C@@H](C)[C@H](OC)c2cnc(OC)cn2)nnc1[C@H]1CC[C@@H](C)O1. The van der Waals surface area contributed by atoms with Crippen molar-refractivity contribution in [2.75, 3.05) is 83.3 Å². The fourth-order valence-electron chi connectivity index (χ4n) is 8.52. The molecule has 6 heterocycles. The Balaban J connectivity index is 0.000000261. The van der Waals surface area contributed by atoms with Crippen LogP contribution < -0.4 is 9.47 Å². The largest absolute Gasteiger partial charge is 0.480 e. The van der Waals surface area contributed by atoms with Gasteiger partial charge in [-0.2, -0.15) is 0 Å². The van der Waals surface area contributed by atoms with Crippen molar-refractivity contribution >= 4 is 19.7 Å². The van der Waals surface area contributed by atoms with Crippen molar-refractivity contribution in [3.05, 3.63) is 59.5 Å². The molecule has 0 radical (unpaired) electrons. The van der Waals surface area contributed by atoms with Crippen molar-refractivity contribution in [3.8, 4) is 11.8 Å². The topological polar surface area (TPSA) is 274 Å². The van der Waals surface area contributed by atoms with E-state index >= 15 is 0 Å². The van der Waals surface area contributed by atoms with Crippen LogP contribution in [-0.2, 0) is 69.1 Å². The molecule has 24 nitrogen and oxygen atoms in total. The molecule has 8 atom stereocenters. The smallest absolute Gasteiger partial charge is 0.231 e. The molecule has 0 amide bonds. The minimum Gasteiger partial charge on any atom is -0.480 e. The Labute approximate surface area is 410 Å². The first-order chi connectivity index (χ1) is 33.5. The second kappa shape index (κ2) is 26.4. The maximum Gasteiger partial charge on any atom is 0.231 e. The highest BCUT2D eigenvalue weighted by molar-refractivity contribution is 7.91. The predicted molar refractivity (Wildman–Crippen MR) is 252 cm³/mol. The van der Waals surface area contributed by atoms with Gasteiger partial charge in [0.15, 0.2) is 31.3 Å². The lowest BCUT2D eigenvalue weighted by molar-refractivity contribution is 0.0397. The van der Waals surface area contributed by atoms with Crippen LogP contribution in [0.15, 0.2) is 24.8 Å². The molecular formula is C44H70N10O14S2. The molecule has 0 unspecified atom stereocenters. The van der Waals surface area contributed by atoms with Crippen LogP contribution in [0.2, 0.25) is 0 Å². The van der Waals surface area contributed by atoms with Crippen molar-refractivity contribution in [1.29, 1.82) is 0 Å². The van der Waals surface area contributed by atoms with Gasteiger partial charge in [-0.05, 0) is 53.4 Å². The van der Waals surface area contributed by atoms with Crippen molar-refractivity contribution < 1.29 is 64.2 Å². The molecule has 0 aliphatic carbocycles. The Morgan fingerprint density at radius 1 is 0.543 bits per heavy atom. The normalized spacial score (nSPS) is 20.3. The average Bonchev–Trinajstić information content (AvgIpc) is 4.17. The highest BCUT2D eigenvalue weighted by Crippen LogP contribution is 2.36. The number of hydrogen-bond donors (Lipinski definition) is 0. The monoisotopic (exact) mass is 1030 g/mol. The van der Waals surface area contributed by atoms with Gasteiger partial charge in [0.05, 0.1) is 112 Å². The van der Waals surface area contributed by atoms with E-state index in [-0.39, 0.29) is 48.0 Å². The van der Waals surface area contributed by atoms with Gasteiger partial charge in [0.25, 0.3) is 0 Å². The molecule has 392 valence electrons. The van der Waals surface area contributed by atoms with Gasteiger partial charge in [-0.25, -0.2) is 26.8 Å². The molecule has 2 saturated heterocycles. The Kier molecular flexibility index (Phi) is 21.3. The lowest BCUT2D eigenvalue weighted by Gasteiger charge is -2.25. The second-order valence-corrected chi connectivity index (χ2v) is 21.9. The van der Waals surface area contributed by atoms with Gasteiger partial charge in [0.2, 0.25) is 11.8 Å². The van der Waals surface area contributed by atoms with E-state index in [0.29, 0.717) is 72.9 Å². The molecule has 2 aliphatic rings. The van der Waals surface area contributed by atoms with Crippen LogP contribution in [0.3, 0.4) is 0 Å². The zero-order valence-corrected chi connectivity index (χ0v) is 43.8. The molecule has 4 aromatic rings. The fourth-order valence-corrected chi connectivity index (χ4v) is 11.4. The first-order valence-corrected chi connectivity index (χ1v) is 26.3. The zero-order valence-electron chi connectivity index (χ0n) is 42.2. The predicted octanol–water partition coefficient (Wildman–Crippen LogP) is 3.68. The molecule has 2 fully saturated rings. The first kappa shape index (κ1) is 56.5. The van der Waals surface area contributed by atoms with Crippen molar-refractivity contribution in [3.63, 3.8) is 0 Å². The summed E-state index contributed by atoms with van der Waals surface area (Å²) in [4.78, 5) is 16.8. The number of hydrogen-bond acceptors (Lipinski definition) is 22. The maximum atomic E-state index is 13.5.